The summed E-state index contributed by atoms with van der Waals surface area (Å²) < 4.78 is 13.2. The van der Waals surface area contributed by atoms with Crippen molar-refractivity contribution in [2.45, 2.75) is 20.0 Å². The van der Waals surface area contributed by atoms with Crippen LogP contribution in [0.4, 0.5) is 5.95 Å². The molecule has 0 saturated carbocycles. The van der Waals surface area contributed by atoms with Gasteiger partial charge in [0.2, 0.25) is 11.7 Å². The molecule has 1 aromatic heterocycles. The summed E-state index contributed by atoms with van der Waals surface area (Å²) in [6.45, 7) is 3.03. The van der Waals surface area contributed by atoms with Crippen molar-refractivity contribution in [1.29, 1.82) is 0 Å². The fraction of sp³-hybridized carbons (Fsp3) is 0.154. The number of hydrogen-bond acceptors (Lipinski definition) is 5. The van der Waals surface area contributed by atoms with Crippen LogP contribution < -0.4 is 20.3 Å². The minimum absolute atomic E-state index is 0.203. The molecule has 0 radical (unpaired) electrons. The second-order valence-corrected chi connectivity index (χ2v) is 7.43. The van der Waals surface area contributed by atoms with E-state index in [2.05, 4.69) is 10.3 Å². The Kier molecular flexibility index (Phi) is 6.51. The highest BCUT2D eigenvalue weighted by Gasteiger charge is 2.11. The van der Waals surface area contributed by atoms with Gasteiger partial charge in [-0.15, -0.1) is 0 Å². The molecule has 6 heteroatoms. The lowest BCUT2D eigenvalue weighted by Crippen LogP contribution is -2.20. The van der Waals surface area contributed by atoms with Crippen molar-refractivity contribution in [2.24, 2.45) is 0 Å². The van der Waals surface area contributed by atoms with Crippen molar-refractivity contribution >= 4 is 5.95 Å². The maximum Gasteiger partial charge on any atom is 0.316 e. The highest BCUT2D eigenvalue weighted by Crippen LogP contribution is 2.26. The average Bonchev–Trinajstić information content (AvgIpc) is 2.82. The summed E-state index contributed by atoms with van der Waals surface area (Å²) in [7, 11) is 1.47. The smallest absolute Gasteiger partial charge is 0.316 e. The van der Waals surface area contributed by atoms with Crippen LogP contribution >= 0.6 is 0 Å². The lowest BCUT2D eigenvalue weighted by Gasteiger charge is -2.16. The Labute approximate surface area is 187 Å². The molecular weight excluding hydrogens is 402 g/mol. The molecule has 0 bridgehead atoms. The van der Waals surface area contributed by atoms with Gasteiger partial charge in [-0.3, -0.25) is 4.79 Å². The third-order valence-corrected chi connectivity index (χ3v) is 5.04. The van der Waals surface area contributed by atoms with E-state index in [0.29, 0.717) is 19.0 Å². The first-order chi connectivity index (χ1) is 15.6. The van der Waals surface area contributed by atoms with Crippen molar-refractivity contribution in [3.63, 3.8) is 0 Å². The Hall–Kier alpha value is -4.06. The van der Waals surface area contributed by atoms with E-state index in [-0.39, 0.29) is 5.75 Å². The zero-order chi connectivity index (χ0) is 22.3. The van der Waals surface area contributed by atoms with Gasteiger partial charge in [0, 0.05) is 12.1 Å². The van der Waals surface area contributed by atoms with Gasteiger partial charge in [0.15, 0.2) is 0 Å². The number of anilines is 1. The second kappa shape index (κ2) is 9.83. The lowest BCUT2D eigenvalue weighted by atomic mass is 10.2. The van der Waals surface area contributed by atoms with Crippen LogP contribution in [0.3, 0.4) is 0 Å². The number of aromatic nitrogens is 2. The van der Waals surface area contributed by atoms with Crippen LogP contribution in [-0.4, -0.2) is 16.7 Å². The second-order valence-electron chi connectivity index (χ2n) is 7.43. The first-order valence-electron chi connectivity index (χ1n) is 10.4. The summed E-state index contributed by atoms with van der Waals surface area (Å²) in [6, 6.07) is 25.7. The maximum absolute atomic E-state index is 12.3. The molecule has 0 unspecified atom stereocenters. The van der Waals surface area contributed by atoms with Gasteiger partial charge in [-0.05, 0) is 30.7 Å². The third-order valence-electron chi connectivity index (χ3n) is 5.04. The highest BCUT2D eigenvalue weighted by molar-refractivity contribution is 5.41. The lowest BCUT2D eigenvalue weighted by molar-refractivity contribution is 0.402. The topological polar surface area (TPSA) is 65.4 Å². The van der Waals surface area contributed by atoms with E-state index in [1.54, 1.807) is 6.20 Å². The van der Waals surface area contributed by atoms with Gasteiger partial charge in [0.1, 0.15) is 11.5 Å². The van der Waals surface area contributed by atoms with Crippen LogP contribution in [0.15, 0.2) is 89.9 Å². The van der Waals surface area contributed by atoms with Gasteiger partial charge in [-0.1, -0.05) is 66.2 Å². The van der Waals surface area contributed by atoms with Gasteiger partial charge < -0.3 is 19.4 Å². The summed E-state index contributed by atoms with van der Waals surface area (Å²) in [5, 5.41) is 3.29. The van der Waals surface area contributed by atoms with Crippen LogP contribution in [-0.2, 0) is 13.1 Å². The van der Waals surface area contributed by atoms with Crippen molar-refractivity contribution in [2.75, 3.05) is 12.4 Å². The van der Waals surface area contributed by atoms with Crippen molar-refractivity contribution < 1.29 is 9.47 Å². The fourth-order valence-corrected chi connectivity index (χ4v) is 3.31. The predicted octanol–water partition coefficient (Wildman–Crippen LogP) is 5.01. The van der Waals surface area contributed by atoms with Crippen LogP contribution in [0, 0.1) is 6.92 Å². The fourth-order valence-electron chi connectivity index (χ4n) is 3.31. The number of ether oxygens (including phenoxy) is 2. The molecule has 4 rings (SSSR count). The number of methoxy groups -OCH3 is 1. The molecule has 4 aromatic rings. The van der Waals surface area contributed by atoms with Gasteiger partial charge in [0.25, 0.3) is 0 Å². The molecule has 162 valence electrons. The molecule has 3 aromatic carbocycles. The third kappa shape index (κ3) is 5.16. The zero-order valence-corrected chi connectivity index (χ0v) is 18.1. The van der Waals surface area contributed by atoms with E-state index in [1.807, 2.05) is 90.4 Å². The monoisotopic (exact) mass is 427 g/mol. The minimum atomic E-state index is -0.413. The SMILES string of the molecule is COc1cn(Cc2ccccc2)c(NCc2ccccc2Oc2ccc(C)cc2)nc1=O. The average molecular weight is 428 g/mol. The summed E-state index contributed by atoms with van der Waals surface area (Å²) in [4.78, 5) is 16.5. The van der Waals surface area contributed by atoms with Crippen molar-refractivity contribution in [3.05, 3.63) is 112 Å². The molecule has 1 N–H and O–H groups in total. The standard InChI is InChI=1S/C26H25N3O3/c1-19-12-14-22(15-13-19)32-23-11-7-6-10-21(23)16-27-26-28-25(30)24(31-2)18-29(26)17-20-8-4-3-5-9-20/h3-15,18H,16-17H2,1-2H3,(H,27,28,30). The Morgan fingerprint density at radius 1 is 0.906 bits per heavy atom. The van der Waals surface area contributed by atoms with E-state index < -0.39 is 5.56 Å². The summed E-state index contributed by atoms with van der Waals surface area (Å²) >= 11 is 0. The number of benzene rings is 3. The van der Waals surface area contributed by atoms with Gasteiger partial charge >= 0.3 is 5.56 Å². The van der Waals surface area contributed by atoms with E-state index in [9.17, 15) is 4.79 Å². The Morgan fingerprint density at radius 3 is 2.38 bits per heavy atom. The molecule has 0 spiro atoms. The predicted molar refractivity (Wildman–Crippen MR) is 126 cm³/mol. The molecule has 0 fully saturated rings. The molecular formula is C26H25N3O3. The van der Waals surface area contributed by atoms with Crippen molar-refractivity contribution in [1.82, 2.24) is 9.55 Å². The van der Waals surface area contributed by atoms with Gasteiger partial charge in [0.05, 0.1) is 19.9 Å². The molecule has 6 nitrogen and oxygen atoms in total. The highest BCUT2D eigenvalue weighted by atomic mass is 16.5. The molecule has 0 aliphatic heterocycles. The number of hydrogen-bond donors (Lipinski definition) is 1. The van der Waals surface area contributed by atoms with Crippen LogP contribution in [0.25, 0.3) is 0 Å². The maximum atomic E-state index is 12.3. The Bertz CT molecular complexity index is 1240. The van der Waals surface area contributed by atoms with E-state index in [0.717, 1.165) is 22.6 Å². The van der Waals surface area contributed by atoms with Gasteiger partial charge in [-0.25, -0.2) is 0 Å². The first-order valence-corrected chi connectivity index (χ1v) is 10.4. The molecule has 0 saturated heterocycles. The largest absolute Gasteiger partial charge is 0.490 e. The summed E-state index contributed by atoms with van der Waals surface area (Å²) in [6.07, 6.45) is 1.68. The van der Waals surface area contributed by atoms with E-state index in [4.69, 9.17) is 9.47 Å². The number of nitrogens with one attached hydrogen (secondary N) is 1. The zero-order valence-electron chi connectivity index (χ0n) is 18.1. The van der Waals surface area contributed by atoms with Crippen LogP contribution in [0.2, 0.25) is 0 Å². The molecule has 0 aliphatic rings. The van der Waals surface area contributed by atoms with E-state index >= 15 is 0 Å². The molecule has 1 heterocycles. The number of rotatable bonds is 8. The molecule has 0 amide bonds. The normalized spacial score (nSPS) is 10.6. The molecule has 0 atom stereocenters. The van der Waals surface area contributed by atoms with Crippen molar-refractivity contribution in [3.8, 4) is 17.2 Å². The summed E-state index contributed by atoms with van der Waals surface area (Å²) in [5.74, 6) is 2.18. The Balaban J connectivity index is 1.58. The molecule has 0 aliphatic carbocycles. The van der Waals surface area contributed by atoms with E-state index in [1.165, 1.54) is 12.7 Å². The quantitative estimate of drug-likeness (QED) is 0.428. The van der Waals surface area contributed by atoms with Crippen LogP contribution in [0.5, 0.6) is 17.2 Å². The summed E-state index contributed by atoms with van der Waals surface area (Å²) in [5.41, 5.74) is 2.80. The number of para-hydroxylation sites is 1. The Morgan fingerprint density at radius 2 is 1.62 bits per heavy atom. The van der Waals surface area contributed by atoms with Gasteiger partial charge in [-0.2, -0.15) is 4.98 Å². The first kappa shape index (κ1) is 21.2. The molecule has 32 heavy (non-hydrogen) atoms. The number of nitrogens with zero attached hydrogens (tertiary/aromatic N) is 2. The van der Waals surface area contributed by atoms with Crippen LogP contribution in [0.1, 0.15) is 16.7 Å². The minimum Gasteiger partial charge on any atom is -0.490 e. The number of aryl methyl sites for hydroxylation is 1.